The summed E-state index contributed by atoms with van der Waals surface area (Å²) in [5.74, 6) is 0. The summed E-state index contributed by atoms with van der Waals surface area (Å²) in [6.07, 6.45) is 0. The molecule has 20 heavy (non-hydrogen) atoms. The molecule has 0 heterocycles. The van der Waals surface area contributed by atoms with Crippen LogP contribution in [0.4, 0.5) is 0 Å². The first-order valence-electron chi connectivity index (χ1n) is 6.20. The van der Waals surface area contributed by atoms with E-state index in [1.165, 1.54) is 5.56 Å². The fourth-order valence-electron chi connectivity index (χ4n) is 1.99. The fraction of sp³-hybridized carbons (Fsp3) is 0.188. The number of hydrogen-bond acceptors (Lipinski definition) is 2. The van der Waals surface area contributed by atoms with E-state index in [1.807, 2.05) is 37.4 Å². The van der Waals surface area contributed by atoms with Gasteiger partial charge in [-0.1, -0.05) is 41.4 Å². The van der Waals surface area contributed by atoms with E-state index in [2.05, 4.69) is 11.0 Å². The predicted octanol–water partition coefficient (Wildman–Crippen LogP) is 4.50. The van der Waals surface area contributed by atoms with E-state index in [9.17, 15) is 0 Å². The van der Waals surface area contributed by atoms with Crippen molar-refractivity contribution in [2.45, 2.75) is 13.1 Å². The van der Waals surface area contributed by atoms with Crippen LogP contribution >= 0.6 is 23.2 Å². The zero-order valence-corrected chi connectivity index (χ0v) is 12.6. The molecule has 0 spiro atoms. The first-order chi connectivity index (χ1) is 9.58. The van der Waals surface area contributed by atoms with E-state index in [-0.39, 0.29) is 0 Å². The first-order valence-corrected chi connectivity index (χ1v) is 6.95. The molecule has 0 aliphatic heterocycles. The summed E-state index contributed by atoms with van der Waals surface area (Å²) in [5, 5.41) is 10.2. The molecule has 0 saturated heterocycles. The second kappa shape index (κ2) is 6.76. The number of benzene rings is 2. The maximum Gasteiger partial charge on any atom is 0.0992 e. The zero-order chi connectivity index (χ0) is 14.5. The summed E-state index contributed by atoms with van der Waals surface area (Å²) < 4.78 is 0. The third-order valence-electron chi connectivity index (χ3n) is 2.99. The van der Waals surface area contributed by atoms with Crippen LogP contribution in [-0.4, -0.2) is 11.9 Å². The molecule has 4 heteroatoms. The van der Waals surface area contributed by atoms with Gasteiger partial charge >= 0.3 is 0 Å². The van der Waals surface area contributed by atoms with Gasteiger partial charge in [0.1, 0.15) is 0 Å². The Morgan fingerprint density at radius 2 is 1.75 bits per heavy atom. The molecule has 0 aromatic heterocycles. The van der Waals surface area contributed by atoms with Crippen molar-refractivity contribution in [3.8, 4) is 6.07 Å². The van der Waals surface area contributed by atoms with E-state index >= 15 is 0 Å². The minimum absolute atomic E-state index is 0.583. The van der Waals surface area contributed by atoms with Crippen molar-refractivity contribution in [1.29, 1.82) is 5.26 Å². The molecule has 0 saturated carbocycles. The second-order valence-corrected chi connectivity index (χ2v) is 5.56. The molecule has 0 bridgehead atoms. The van der Waals surface area contributed by atoms with Gasteiger partial charge < -0.3 is 0 Å². The fourth-order valence-corrected chi connectivity index (χ4v) is 2.36. The van der Waals surface area contributed by atoms with Gasteiger partial charge in [-0.3, -0.25) is 4.90 Å². The average Bonchev–Trinajstić information content (AvgIpc) is 2.43. The minimum atomic E-state index is 0.583. The Labute approximate surface area is 129 Å². The van der Waals surface area contributed by atoms with Crippen LogP contribution in [0.1, 0.15) is 16.7 Å². The topological polar surface area (TPSA) is 27.0 Å². The zero-order valence-electron chi connectivity index (χ0n) is 11.1. The molecule has 0 unspecified atom stereocenters. The number of nitriles is 1. The van der Waals surface area contributed by atoms with Crippen molar-refractivity contribution >= 4 is 23.2 Å². The molecular formula is C16H14Cl2N2. The Hall–Kier alpha value is -1.53. The van der Waals surface area contributed by atoms with E-state index in [1.54, 1.807) is 12.1 Å². The molecule has 2 aromatic rings. The SMILES string of the molecule is CN(Cc1ccc(Cl)cc1)Cc1ccc(C#N)cc1Cl. The summed E-state index contributed by atoms with van der Waals surface area (Å²) in [4.78, 5) is 2.16. The normalized spacial score (nSPS) is 10.6. The van der Waals surface area contributed by atoms with Gasteiger partial charge in [-0.2, -0.15) is 5.26 Å². The van der Waals surface area contributed by atoms with Crippen LogP contribution in [0.2, 0.25) is 10.0 Å². The van der Waals surface area contributed by atoms with Crippen LogP contribution in [0, 0.1) is 11.3 Å². The van der Waals surface area contributed by atoms with Crippen molar-refractivity contribution in [2.24, 2.45) is 0 Å². The van der Waals surface area contributed by atoms with E-state index in [4.69, 9.17) is 28.5 Å². The maximum absolute atomic E-state index is 8.82. The van der Waals surface area contributed by atoms with Gasteiger partial charge in [0.05, 0.1) is 11.6 Å². The van der Waals surface area contributed by atoms with E-state index in [0.29, 0.717) is 10.6 Å². The van der Waals surface area contributed by atoms with Crippen LogP contribution < -0.4 is 0 Å². The molecule has 0 N–H and O–H groups in total. The van der Waals surface area contributed by atoms with Gasteiger partial charge in [0.2, 0.25) is 0 Å². The number of rotatable bonds is 4. The van der Waals surface area contributed by atoms with Gasteiger partial charge in [-0.05, 0) is 42.4 Å². The van der Waals surface area contributed by atoms with Gasteiger partial charge in [-0.25, -0.2) is 0 Å². The van der Waals surface area contributed by atoms with Gasteiger partial charge in [-0.15, -0.1) is 0 Å². The summed E-state index contributed by atoms with van der Waals surface area (Å²) in [6.45, 7) is 1.54. The van der Waals surface area contributed by atoms with E-state index < -0.39 is 0 Å². The van der Waals surface area contributed by atoms with Crippen molar-refractivity contribution in [3.05, 3.63) is 69.2 Å². The Balaban J connectivity index is 2.03. The first kappa shape index (κ1) is 14.9. The molecule has 0 fully saturated rings. The van der Waals surface area contributed by atoms with Gasteiger partial charge in [0, 0.05) is 23.1 Å². The summed E-state index contributed by atoms with van der Waals surface area (Å²) >= 11 is 12.1. The molecule has 0 atom stereocenters. The lowest BCUT2D eigenvalue weighted by molar-refractivity contribution is 0.319. The Morgan fingerprint density at radius 1 is 1.05 bits per heavy atom. The standard InChI is InChI=1S/C16H14Cl2N2/c1-20(10-12-3-6-15(17)7-4-12)11-14-5-2-13(9-19)8-16(14)18/h2-8H,10-11H2,1H3. The largest absolute Gasteiger partial charge is 0.298 e. The third kappa shape index (κ3) is 3.98. The number of halogens is 2. The molecule has 0 aliphatic rings. The quantitative estimate of drug-likeness (QED) is 0.831. The van der Waals surface area contributed by atoms with Crippen LogP contribution in [0.5, 0.6) is 0 Å². The molecular weight excluding hydrogens is 291 g/mol. The summed E-state index contributed by atoms with van der Waals surface area (Å²) in [6, 6.07) is 15.3. The minimum Gasteiger partial charge on any atom is -0.298 e. The van der Waals surface area contributed by atoms with Crippen molar-refractivity contribution in [3.63, 3.8) is 0 Å². The monoisotopic (exact) mass is 304 g/mol. The van der Waals surface area contributed by atoms with Gasteiger partial charge in [0.15, 0.2) is 0 Å². The molecule has 0 amide bonds. The molecule has 0 radical (unpaired) electrons. The smallest absolute Gasteiger partial charge is 0.0992 e. The van der Waals surface area contributed by atoms with Crippen molar-refractivity contribution in [1.82, 2.24) is 4.90 Å². The Kier molecular flexibility index (Phi) is 5.03. The average molecular weight is 305 g/mol. The highest BCUT2D eigenvalue weighted by Crippen LogP contribution is 2.20. The summed E-state index contributed by atoms with van der Waals surface area (Å²) in [7, 11) is 2.03. The highest BCUT2D eigenvalue weighted by Gasteiger charge is 2.06. The van der Waals surface area contributed by atoms with Crippen molar-refractivity contribution < 1.29 is 0 Å². The number of nitrogens with zero attached hydrogens (tertiary/aromatic N) is 2. The van der Waals surface area contributed by atoms with Crippen molar-refractivity contribution in [2.75, 3.05) is 7.05 Å². The molecule has 2 rings (SSSR count). The van der Waals surface area contributed by atoms with Gasteiger partial charge in [0.25, 0.3) is 0 Å². The second-order valence-electron chi connectivity index (χ2n) is 4.72. The molecule has 2 nitrogen and oxygen atoms in total. The van der Waals surface area contributed by atoms with E-state index in [0.717, 1.165) is 23.7 Å². The lowest BCUT2D eigenvalue weighted by Gasteiger charge is -2.17. The number of hydrogen-bond donors (Lipinski definition) is 0. The van der Waals surface area contributed by atoms with Crippen LogP contribution in [0.15, 0.2) is 42.5 Å². The predicted molar refractivity (Wildman–Crippen MR) is 82.8 cm³/mol. The highest BCUT2D eigenvalue weighted by molar-refractivity contribution is 6.31. The third-order valence-corrected chi connectivity index (χ3v) is 3.59. The molecule has 102 valence electrons. The van der Waals surface area contributed by atoms with Crippen LogP contribution in [0.25, 0.3) is 0 Å². The Morgan fingerprint density at radius 3 is 2.35 bits per heavy atom. The lowest BCUT2D eigenvalue weighted by Crippen LogP contribution is -2.17. The lowest BCUT2D eigenvalue weighted by atomic mass is 10.1. The molecule has 2 aromatic carbocycles. The van der Waals surface area contributed by atoms with Crippen LogP contribution in [-0.2, 0) is 13.1 Å². The molecule has 0 aliphatic carbocycles. The highest BCUT2D eigenvalue weighted by atomic mass is 35.5. The Bertz CT molecular complexity index is 630. The summed E-state index contributed by atoms with van der Waals surface area (Å²) in [5.41, 5.74) is 2.79. The van der Waals surface area contributed by atoms with Crippen LogP contribution in [0.3, 0.4) is 0 Å². The maximum atomic E-state index is 8.82.